The molecule has 1 aliphatic rings. The normalized spacial score (nSPS) is 16.6. The Morgan fingerprint density at radius 1 is 1.27 bits per heavy atom. The lowest BCUT2D eigenvalue weighted by Crippen LogP contribution is -2.06. The molecule has 0 radical (unpaired) electrons. The van der Waals surface area contributed by atoms with Crippen LogP contribution in [0.4, 0.5) is 0 Å². The van der Waals surface area contributed by atoms with E-state index in [9.17, 15) is 5.26 Å². The zero-order valence-electron chi connectivity index (χ0n) is 12.6. The van der Waals surface area contributed by atoms with Gasteiger partial charge in [0.25, 0.3) is 0 Å². The lowest BCUT2D eigenvalue weighted by molar-refractivity contribution is 0.608. The monoisotopic (exact) mass is 287 g/mol. The van der Waals surface area contributed by atoms with Crippen molar-refractivity contribution in [1.29, 1.82) is 5.26 Å². The first-order valence-corrected chi connectivity index (χ1v) is 7.70. The van der Waals surface area contributed by atoms with Crippen molar-refractivity contribution in [2.24, 2.45) is 5.92 Å². The molecule has 0 N–H and O–H groups in total. The van der Waals surface area contributed by atoms with Crippen LogP contribution in [0.1, 0.15) is 29.4 Å². The van der Waals surface area contributed by atoms with Crippen molar-refractivity contribution in [1.82, 2.24) is 9.55 Å². The molecule has 0 spiro atoms. The SMILES string of the molecule is CC1Cc2c(n(Cc3ccccn3)c3ccc(C#N)cc23)C1. The van der Waals surface area contributed by atoms with Crippen LogP contribution in [0.25, 0.3) is 10.9 Å². The van der Waals surface area contributed by atoms with Gasteiger partial charge in [0.05, 0.1) is 23.9 Å². The molecule has 0 fully saturated rings. The van der Waals surface area contributed by atoms with Crippen LogP contribution in [0.2, 0.25) is 0 Å². The van der Waals surface area contributed by atoms with Crippen LogP contribution in [0.5, 0.6) is 0 Å². The fraction of sp³-hybridized carbons (Fsp3) is 0.263. The van der Waals surface area contributed by atoms with Crippen LogP contribution in [0, 0.1) is 17.2 Å². The Kier molecular flexibility index (Phi) is 2.97. The Labute approximate surface area is 129 Å². The number of fused-ring (bicyclic) bond motifs is 3. The Hall–Kier alpha value is -2.60. The Morgan fingerprint density at radius 3 is 2.95 bits per heavy atom. The summed E-state index contributed by atoms with van der Waals surface area (Å²) in [4.78, 5) is 4.47. The van der Waals surface area contributed by atoms with Crippen molar-refractivity contribution in [2.75, 3.05) is 0 Å². The Balaban J connectivity index is 1.91. The predicted molar refractivity (Wildman–Crippen MR) is 86.6 cm³/mol. The molecule has 0 amide bonds. The number of rotatable bonds is 2. The topological polar surface area (TPSA) is 41.6 Å². The highest BCUT2D eigenvalue weighted by molar-refractivity contribution is 5.87. The third kappa shape index (κ3) is 2.00. The second-order valence-corrected chi connectivity index (χ2v) is 6.19. The van der Waals surface area contributed by atoms with Crippen molar-refractivity contribution < 1.29 is 0 Å². The lowest BCUT2D eigenvalue weighted by atomic mass is 10.1. The van der Waals surface area contributed by atoms with E-state index in [0.29, 0.717) is 5.92 Å². The van der Waals surface area contributed by atoms with Crippen molar-refractivity contribution in [3.63, 3.8) is 0 Å². The molecule has 1 atom stereocenters. The maximum absolute atomic E-state index is 9.17. The smallest absolute Gasteiger partial charge is 0.0991 e. The van der Waals surface area contributed by atoms with Crippen LogP contribution < -0.4 is 0 Å². The van der Waals surface area contributed by atoms with Gasteiger partial charge >= 0.3 is 0 Å². The molecular formula is C19H17N3. The quantitative estimate of drug-likeness (QED) is 0.721. The van der Waals surface area contributed by atoms with E-state index in [1.54, 1.807) is 0 Å². The molecule has 108 valence electrons. The summed E-state index contributed by atoms with van der Waals surface area (Å²) in [5, 5.41) is 10.4. The Morgan fingerprint density at radius 2 is 2.18 bits per heavy atom. The van der Waals surface area contributed by atoms with E-state index in [1.165, 1.54) is 22.2 Å². The van der Waals surface area contributed by atoms with Gasteiger partial charge in [-0.3, -0.25) is 4.98 Å². The van der Waals surface area contributed by atoms with Crippen LogP contribution in [-0.4, -0.2) is 9.55 Å². The van der Waals surface area contributed by atoms with Crippen LogP contribution in [0.3, 0.4) is 0 Å². The van der Waals surface area contributed by atoms with Gasteiger partial charge in [0, 0.05) is 22.8 Å². The fourth-order valence-corrected chi connectivity index (χ4v) is 3.59. The first kappa shape index (κ1) is 13.1. The molecule has 2 aromatic heterocycles. The van der Waals surface area contributed by atoms with Gasteiger partial charge in [-0.05, 0) is 54.7 Å². The predicted octanol–water partition coefficient (Wildman–Crippen LogP) is 3.69. The highest BCUT2D eigenvalue weighted by Gasteiger charge is 2.26. The van der Waals surface area contributed by atoms with E-state index >= 15 is 0 Å². The molecule has 1 aliphatic carbocycles. The third-order valence-corrected chi connectivity index (χ3v) is 4.56. The summed E-state index contributed by atoms with van der Waals surface area (Å²) in [5.74, 6) is 0.676. The lowest BCUT2D eigenvalue weighted by Gasteiger charge is -2.10. The maximum atomic E-state index is 9.17. The third-order valence-electron chi connectivity index (χ3n) is 4.56. The molecule has 0 bridgehead atoms. The number of benzene rings is 1. The molecule has 3 heteroatoms. The van der Waals surface area contributed by atoms with Gasteiger partial charge in [-0.15, -0.1) is 0 Å². The number of pyridine rings is 1. The average molecular weight is 287 g/mol. The molecule has 3 nitrogen and oxygen atoms in total. The van der Waals surface area contributed by atoms with Gasteiger partial charge in [-0.1, -0.05) is 13.0 Å². The van der Waals surface area contributed by atoms with Gasteiger partial charge in [-0.25, -0.2) is 0 Å². The molecule has 3 aromatic rings. The molecular weight excluding hydrogens is 270 g/mol. The summed E-state index contributed by atoms with van der Waals surface area (Å²) >= 11 is 0. The first-order chi connectivity index (χ1) is 10.8. The minimum absolute atomic E-state index is 0.676. The minimum Gasteiger partial charge on any atom is -0.338 e. The standard InChI is InChI=1S/C19H17N3/c1-13-8-16-17-10-14(11-20)5-6-18(17)22(19(16)9-13)12-15-4-2-3-7-21-15/h2-7,10,13H,8-9,12H2,1H3. The van der Waals surface area contributed by atoms with Crippen molar-refractivity contribution in [3.8, 4) is 6.07 Å². The number of nitriles is 1. The first-order valence-electron chi connectivity index (χ1n) is 7.70. The number of nitrogens with zero attached hydrogens (tertiary/aromatic N) is 3. The number of hydrogen-bond donors (Lipinski definition) is 0. The minimum atomic E-state index is 0.676. The molecule has 0 saturated heterocycles. The molecule has 22 heavy (non-hydrogen) atoms. The van der Waals surface area contributed by atoms with E-state index < -0.39 is 0 Å². The summed E-state index contributed by atoms with van der Waals surface area (Å²) in [6.07, 6.45) is 4.06. The van der Waals surface area contributed by atoms with E-state index in [0.717, 1.165) is 30.6 Å². The summed E-state index contributed by atoms with van der Waals surface area (Å²) in [7, 11) is 0. The molecule has 4 rings (SSSR count). The average Bonchev–Trinajstić information content (AvgIpc) is 3.05. The van der Waals surface area contributed by atoms with Gasteiger partial charge < -0.3 is 4.57 Å². The molecule has 0 aliphatic heterocycles. The van der Waals surface area contributed by atoms with Gasteiger partial charge in [0.15, 0.2) is 0 Å². The van der Waals surface area contributed by atoms with E-state index in [2.05, 4.69) is 34.7 Å². The molecule has 1 unspecified atom stereocenters. The summed E-state index contributed by atoms with van der Waals surface area (Å²) in [6, 6.07) is 14.3. The summed E-state index contributed by atoms with van der Waals surface area (Å²) in [5.41, 5.74) is 5.89. The summed E-state index contributed by atoms with van der Waals surface area (Å²) < 4.78 is 2.39. The highest BCUT2D eigenvalue weighted by atomic mass is 15.0. The van der Waals surface area contributed by atoms with Gasteiger partial charge in [0.2, 0.25) is 0 Å². The molecule has 1 aromatic carbocycles. The summed E-state index contributed by atoms with van der Waals surface area (Å²) in [6.45, 7) is 3.09. The fourth-order valence-electron chi connectivity index (χ4n) is 3.59. The van der Waals surface area contributed by atoms with Crippen molar-refractivity contribution >= 4 is 10.9 Å². The van der Waals surface area contributed by atoms with Crippen LogP contribution in [0.15, 0.2) is 42.6 Å². The maximum Gasteiger partial charge on any atom is 0.0991 e. The van der Waals surface area contributed by atoms with E-state index in [1.807, 2.05) is 30.5 Å². The second kappa shape index (κ2) is 4.99. The molecule has 0 saturated carbocycles. The van der Waals surface area contributed by atoms with E-state index in [-0.39, 0.29) is 0 Å². The zero-order valence-corrected chi connectivity index (χ0v) is 12.6. The van der Waals surface area contributed by atoms with Crippen molar-refractivity contribution in [3.05, 3.63) is 65.1 Å². The van der Waals surface area contributed by atoms with E-state index in [4.69, 9.17) is 0 Å². The molecule has 2 heterocycles. The van der Waals surface area contributed by atoms with Crippen LogP contribution in [-0.2, 0) is 19.4 Å². The van der Waals surface area contributed by atoms with Gasteiger partial charge in [0.1, 0.15) is 0 Å². The highest BCUT2D eigenvalue weighted by Crippen LogP contribution is 2.36. The second-order valence-electron chi connectivity index (χ2n) is 6.19. The largest absolute Gasteiger partial charge is 0.338 e. The number of hydrogen-bond acceptors (Lipinski definition) is 2. The van der Waals surface area contributed by atoms with Gasteiger partial charge in [-0.2, -0.15) is 5.26 Å². The Bertz CT molecular complexity index is 884. The van der Waals surface area contributed by atoms with Crippen molar-refractivity contribution in [2.45, 2.75) is 26.3 Å². The number of aromatic nitrogens is 2. The zero-order chi connectivity index (χ0) is 15.1. The van der Waals surface area contributed by atoms with Crippen LogP contribution >= 0.6 is 0 Å².